The van der Waals surface area contributed by atoms with Gasteiger partial charge in [0.25, 0.3) is 11.8 Å². The third-order valence-corrected chi connectivity index (χ3v) is 7.81. The average Bonchev–Trinajstić information content (AvgIpc) is 3.66. The second kappa shape index (κ2) is 14.4. The molecule has 1 fully saturated rings. The van der Waals surface area contributed by atoms with Gasteiger partial charge in [0.1, 0.15) is 29.9 Å². The number of anilines is 2. The molecule has 14 nitrogen and oxygen atoms in total. The van der Waals surface area contributed by atoms with E-state index in [1.807, 2.05) is 30.3 Å². The first-order valence-electron chi connectivity index (χ1n) is 16.0. The molecule has 1 aliphatic carbocycles. The first kappa shape index (κ1) is 34.1. The summed E-state index contributed by atoms with van der Waals surface area (Å²) in [6.45, 7) is 5.23. The van der Waals surface area contributed by atoms with Crippen LogP contribution in [0.4, 0.5) is 25.6 Å². The number of halogens is 1. The van der Waals surface area contributed by atoms with Gasteiger partial charge in [-0.2, -0.15) is 0 Å². The molecule has 3 aromatic rings. The minimum absolute atomic E-state index is 0.100. The summed E-state index contributed by atoms with van der Waals surface area (Å²) in [6.07, 6.45) is 1.83. The van der Waals surface area contributed by atoms with Gasteiger partial charge in [-0.3, -0.25) is 9.69 Å². The Hall–Kier alpha value is -5.73. The number of nitrogens with one attached hydrogen (secondary N) is 1. The number of aromatic nitrogens is 2. The standard InChI is InChI=1S/C35H36FN5O9/c1-35(2,3)50-33(44)40(10-9-24-17-41(34(45)49-24)28-15-37-32-31(38-28)39-29(42)19-48-32)16-22-11-23-13-25(14-27(36)26(23)12-22)46-20-30(43)47-18-21-7-5-4-6-8-21/h4-8,11,13-15,24H,9-10,12,16-20H2,1-3H3,(H,38,39,42). The normalized spacial score (nSPS) is 16.4. The summed E-state index contributed by atoms with van der Waals surface area (Å²) in [6, 6.07) is 12.1. The molecule has 1 N–H and O–H groups in total. The molecule has 1 atom stereocenters. The monoisotopic (exact) mass is 689 g/mol. The lowest BCUT2D eigenvalue weighted by atomic mass is 10.1. The van der Waals surface area contributed by atoms with Gasteiger partial charge in [-0.05, 0) is 55.5 Å². The molecule has 2 aromatic carbocycles. The number of rotatable bonds is 11. The Morgan fingerprint density at radius 1 is 1.16 bits per heavy atom. The summed E-state index contributed by atoms with van der Waals surface area (Å²) in [5.74, 6) is -0.875. The highest BCUT2D eigenvalue weighted by molar-refractivity contribution is 5.94. The maximum atomic E-state index is 15.2. The summed E-state index contributed by atoms with van der Waals surface area (Å²) in [5.41, 5.74) is 1.83. The summed E-state index contributed by atoms with van der Waals surface area (Å²) >= 11 is 0. The molecule has 3 aliphatic rings. The minimum atomic E-state index is -0.774. The fraction of sp³-hybridized carbons (Fsp3) is 0.371. The number of cyclic esters (lactones) is 1. The number of hydrogen-bond acceptors (Lipinski definition) is 11. The van der Waals surface area contributed by atoms with Crippen molar-refractivity contribution in [3.8, 4) is 11.6 Å². The molecule has 6 rings (SSSR count). The second-order valence-corrected chi connectivity index (χ2v) is 12.9. The molecule has 1 unspecified atom stereocenters. The molecule has 1 saturated heterocycles. The number of fused-ring (bicyclic) bond motifs is 2. The predicted octanol–water partition coefficient (Wildman–Crippen LogP) is 4.66. The molecule has 1 aromatic heterocycles. The maximum Gasteiger partial charge on any atom is 0.415 e. The summed E-state index contributed by atoms with van der Waals surface area (Å²) in [5, 5.41) is 2.56. The average molecular weight is 690 g/mol. The highest BCUT2D eigenvalue weighted by Crippen LogP contribution is 2.33. The molecule has 0 saturated carbocycles. The predicted molar refractivity (Wildman–Crippen MR) is 176 cm³/mol. The van der Waals surface area contributed by atoms with Crippen molar-refractivity contribution in [2.75, 3.05) is 43.1 Å². The van der Waals surface area contributed by atoms with E-state index in [4.69, 9.17) is 23.7 Å². The van der Waals surface area contributed by atoms with Crippen LogP contribution < -0.4 is 19.7 Å². The first-order chi connectivity index (χ1) is 23.9. The number of benzene rings is 2. The van der Waals surface area contributed by atoms with Gasteiger partial charge < -0.3 is 33.9 Å². The van der Waals surface area contributed by atoms with E-state index in [9.17, 15) is 19.2 Å². The smallest absolute Gasteiger partial charge is 0.415 e. The lowest BCUT2D eigenvalue weighted by Crippen LogP contribution is -2.39. The number of ether oxygens (including phenoxy) is 5. The molecular formula is C35H36FN5O9. The van der Waals surface area contributed by atoms with Gasteiger partial charge in [-0.15, -0.1) is 0 Å². The fourth-order valence-corrected chi connectivity index (χ4v) is 5.51. The lowest BCUT2D eigenvalue weighted by molar-refractivity contribution is -0.147. The van der Waals surface area contributed by atoms with E-state index in [-0.39, 0.29) is 81.5 Å². The molecule has 15 heteroatoms. The van der Waals surface area contributed by atoms with Crippen LogP contribution in [0.3, 0.4) is 0 Å². The van der Waals surface area contributed by atoms with Crippen molar-refractivity contribution < 1.29 is 47.3 Å². The topological polar surface area (TPSA) is 159 Å². The summed E-state index contributed by atoms with van der Waals surface area (Å²) in [7, 11) is 0. The SMILES string of the molecule is CC(C)(C)OC(=O)N(CCC1CN(c2cnc3c(n2)NC(=O)CO3)C(=O)O1)CC1=Cc2cc(OCC(=O)OCc3ccccc3)cc(F)c2C1. The first-order valence-corrected chi connectivity index (χ1v) is 16.0. The van der Waals surface area contributed by atoms with Gasteiger partial charge in [0, 0.05) is 25.6 Å². The second-order valence-electron chi connectivity index (χ2n) is 12.9. The Labute approximate surface area is 287 Å². The zero-order chi connectivity index (χ0) is 35.4. The highest BCUT2D eigenvalue weighted by Gasteiger charge is 2.35. The third kappa shape index (κ3) is 8.46. The van der Waals surface area contributed by atoms with E-state index >= 15 is 4.39 Å². The van der Waals surface area contributed by atoms with Crippen molar-refractivity contribution in [1.29, 1.82) is 0 Å². The van der Waals surface area contributed by atoms with Crippen LogP contribution in [0.2, 0.25) is 0 Å². The van der Waals surface area contributed by atoms with E-state index in [0.717, 1.165) is 11.1 Å². The third-order valence-electron chi connectivity index (χ3n) is 7.81. The number of carbonyl (C=O) groups excluding carboxylic acids is 4. The van der Waals surface area contributed by atoms with Crippen molar-refractivity contribution in [2.24, 2.45) is 0 Å². The van der Waals surface area contributed by atoms with Crippen LogP contribution in [0.5, 0.6) is 11.6 Å². The number of hydrogen-bond donors (Lipinski definition) is 1. The van der Waals surface area contributed by atoms with Crippen LogP contribution in [0.25, 0.3) is 6.08 Å². The zero-order valence-electron chi connectivity index (χ0n) is 27.8. The lowest BCUT2D eigenvalue weighted by Gasteiger charge is -2.28. The van der Waals surface area contributed by atoms with E-state index in [2.05, 4.69) is 15.3 Å². The zero-order valence-corrected chi connectivity index (χ0v) is 27.8. The van der Waals surface area contributed by atoms with E-state index < -0.39 is 35.7 Å². The van der Waals surface area contributed by atoms with Crippen molar-refractivity contribution in [1.82, 2.24) is 14.9 Å². The van der Waals surface area contributed by atoms with E-state index in [1.54, 1.807) is 32.9 Å². The Bertz CT molecular complexity index is 1830. The van der Waals surface area contributed by atoms with Crippen LogP contribution >= 0.6 is 0 Å². The van der Waals surface area contributed by atoms with Gasteiger partial charge in [0.05, 0.1) is 12.7 Å². The summed E-state index contributed by atoms with van der Waals surface area (Å²) in [4.78, 5) is 61.2. The highest BCUT2D eigenvalue weighted by atomic mass is 19.1. The van der Waals surface area contributed by atoms with Crippen molar-refractivity contribution in [2.45, 2.75) is 51.9 Å². The molecule has 0 spiro atoms. The van der Waals surface area contributed by atoms with Crippen molar-refractivity contribution in [3.63, 3.8) is 0 Å². The summed E-state index contributed by atoms with van der Waals surface area (Å²) < 4.78 is 42.4. The van der Waals surface area contributed by atoms with Gasteiger partial charge >= 0.3 is 18.2 Å². The minimum Gasteiger partial charge on any atom is -0.482 e. The molecule has 3 amide bonds. The number of esters is 1. The van der Waals surface area contributed by atoms with Gasteiger partial charge in [0.2, 0.25) is 0 Å². The van der Waals surface area contributed by atoms with Gasteiger partial charge in [0.15, 0.2) is 24.8 Å². The molecule has 0 radical (unpaired) electrons. The van der Waals surface area contributed by atoms with Crippen LogP contribution in [0.15, 0.2) is 54.2 Å². The van der Waals surface area contributed by atoms with Crippen molar-refractivity contribution >= 4 is 41.8 Å². The Kier molecular flexibility index (Phi) is 9.83. The number of nitrogens with zero attached hydrogens (tertiary/aromatic N) is 4. The van der Waals surface area contributed by atoms with Crippen LogP contribution in [-0.2, 0) is 36.8 Å². The molecule has 262 valence electrons. The molecule has 50 heavy (non-hydrogen) atoms. The van der Waals surface area contributed by atoms with Crippen LogP contribution in [0.1, 0.15) is 43.9 Å². The number of carbonyl (C=O) groups is 4. The number of amides is 3. The maximum absolute atomic E-state index is 15.2. The molecular weight excluding hydrogens is 653 g/mol. The largest absolute Gasteiger partial charge is 0.482 e. The van der Waals surface area contributed by atoms with E-state index in [1.165, 1.54) is 22.1 Å². The quantitative estimate of drug-likeness (QED) is 0.220. The van der Waals surface area contributed by atoms with Crippen LogP contribution in [0, 0.1) is 5.82 Å². The Morgan fingerprint density at radius 3 is 2.74 bits per heavy atom. The van der Waals surface area contributed by atoms with Crippen molar-refractivity contribution in [3.05, 3.63) is 76.7 Å². The Balaban J connectivity index is 1.08. The molecule has 0 bridgehead atoms. The fourth-order valence-electron chi connectivity index (χ4n) is 5.51. The molecule has 2 aliphatic heterocycles. The van der Waals surface area contributed by atoms with Gasteiger partial charge in [-0.25, -0.2) is 28.7 Å². The van der Waals surface area contributed by atoms with E-state index in [0.29, 0.717) is 11.1 Å². The van der Waals surface area contributed by atoms with Gasteiger partial charge in [-0.1, -0.05) is 36.4 Å². The Morgan fingerprint density at radius 2 is 1.96 bits per heavy atom. The molecule has 3 heterocycles. The van der Waals surface area contributed by atoms with Crippen LogP contribution in [-0.4, -0.2) is 83.5 Å².